The minimum atomic E-state index is 0.225. The van der Waals surface area contributed by atoms with E-state index in [1.54, 1.807) is 0 Å². The Morgan fingerprint density at radius 1 is 1.42 bits per heavy atom. The van der Waals surface area contributed by atoms with Crippen LogP contribution in [-0.2, 0) is 13.0 Å². The van der Waals surface area contributed by atoms with Gasteiger partial charge in [0.1, 0.15) is 5.75 Å². The summed E-state index contributed by atoms with van der Waals surface area (Å²) in [5.41, 5.74) is 2.49. The average molecular weight is 328 g/mol. The second kappa shape index (κ2) is 6.73. The van der Waals surface area contributed by atoms with Crippen LogP contribution in [0.15, 0.2) is 16.6 Å². The van der Waals surface area contributed by atoms with Gasteiger partial charge in [-0.15, -0.1) is 0 Å². The van der Waals surface area contributed by atoms with Gasteiger partial charge in [-0.2, -0.15) is 0 Å². The fourth-order valence-corrected chi connectivity index (χ4v) is 3.08. The Bertz CT molecular complexity index is 434. The van der Waals surface area contributed by atoms with Gasteiger partial charge in [0.2, 0.25) is 0 Å². The second-order valence-corrected chi connectivity index (χ2v) is 6.31. The largest absolute Gasteiger partial charge is 0.493 e. The number of halogens is 1. The van der Waals surface area contributed by atoms with Crippen molar-refractivity contribution in [1.82, 2.24) is 5.32 Å². The Morgan fingerprint density at radius 2 is 2.21 bits per heavy atom. The third kappa shape index (κ3) is 3.71. The van der Waals surface area contributed by atoms with Crippen LogP contribution in [0.4, 0.5) is 0 Å². The number of aliphatic hydroxyl groups excluding tert-OH is 1. The van der Waals surface area contributed by atoms with E-state index < -0.39 is 0 Å². The van der Waals surface area contributed by atoms with Gasteiger partial charge >= 0.3 is 0 Å². The van der Waals surface area contributed by atoms with E-state index in [2.05, 4.69) is 47.2 Å². The summed E-state index contributed by atoms with van der Waals surface area (Å²) >= 11 is 3.56. The van der Waals surface area contributed by atoms with E-state index in [0.29, 0.717) is 12.0 Å². The third-order valence-corrected chi connectivity index (χ3v) is 4.08. The van der Waals surface area contributed by atoms with Crippen LogP contribution in [0.1, 0.15) is 31.4 Å². The van der Waals surface area contributed by atoms with Crippen LogP contribution in [0.2, 0.25) is 0 Å². The first-order chi connectivity index (χ1) is 9.11. The van der Waals surface area contributed by atoms with E-state index in [1.165, 1.54) is 11.1 Å². The second-order valence-electron chi connectivity index (χ2n) is 5.40. The maximum atomic E-state index is 9.11. The van der Waals surface area contributed by atoms with Crippen LogP contribution < -0.4 is 10.1 Å². The van der Waals surface area contributed by atoms with Gasteiger partial charge in [0, 0.05) is 35.7 Å². The Kier molecular flexibility index (Phi) is 5.25. The summed E-state index contributed by atoms with van der Waals surface area (Å²) in [5, 5.41) is 12.6. The summed E-state index contributed by atoms with van der Waals surface area (Å²) in [6.45, 7) is 6.14. The third-order valence-electron chi connectivity index (χ3n) is 3.62. The summed E-state index contributed by atoms with van der Waals surface area (Å²) in [6.07, 6.45) is 1.78. The highest BCUT2D eigenvalue weighted by Crippen LogP contribution is 2.33. The van der Waals surface area contributed by atoms with Crippen LogP contribution in [-0.4, -0.2) is 24.4 Å². The molecule has 1 aromatic carbocycles. The zero-order chi connectivity index (χ0) is 13.8. The molecule has 0 aromatic heterocycles. The number of rotatable bonds is 6. The van der Waals surface area contributed by atoms with Crippen molar-refractivity contribution in [2.75, 3.05) is 13.2 Å². The van der Waals surface area contributed by atoms with Crippen molar-refractivity contribution in [1.29, 1.82) is 0 Å². The van der Waals surface area contributed by atoms with Crippen molar-refractivity contribution in [2.24, 2.45) is 5.92 Å². The smallest absolute Gasteiger partial charge is 0.127 e. The monoisotopic (exact) mass is 327 g/mol. The van der Waals surface area contributed by atoms with Gasteiger partial charge in [-0.05, 0) is 30.0 Å². The maximum Gasteiger partial charge on any atom is 0.127 e. The summed E-state index contributed by atoms with van der Waals surface area (Å²) in [5.74, 6) is 1.55. The molecule has 1 aromatic rings. The Morgan fingerprint density at radius 3 is 2.89 bits per heavy atom. The molecule has 1 unspecified atom stereocenters. The number of hydrogen-bond donors (Lipinski definition) is 2. The van der Waals surface area contributed by atoms with Crippen LogP contribution in [0.5, 0.6) is 5.75 Å². The lowest BCUT2D eigenvalue weighted by molar-refractivity contribution is 0.243. The minimum Gasteiger partial charge on any atom is -0.493 e. The van der Waals surface area contributed by atoms with E-state index in [0.717, 1.165) is 36.2 Å². The van der Waals surface area contributed by atoms with Crippen molar-refractivity contribution in [3.8, 4) is 5.75 Å². The minimum absolute atomic E-state index is 0.225. The molecule has 4 heteroatoms. The van der Waals surface area contributed by atoms with Gasteiger partial charge in [0.25, 0.3) is 0 Å². The molecule has 0 radical (unpaired) electrons. The highest BCUT2D eigenvalue weighted by Gasteiger charge is 2.19. The molecule has 2 N–H and O–H groups in total. The predicted octanol–water partition coefficient (Wildman–Crippen LogP) is 2.88. The van der Waals surface area contributed by atoms with Gasteiger partial charge in [-0.25, -0.2) is 0 Å². The molecule has 1 atom stereocenters. The Hall–Kier alpha value is -0.580. The topological polar surface area (TPSA) is 41.5 Å². The summed E-state index contributed by atoms with van der Waals surface area (Å²) in [4.78, 5) is 0. The first-order valence-corrected chi connectivity index (χ1v) is 7.69. The van der Waals surface area contributed by atoms with Gasteiger partial charge in [0.15, 0.2) is 0 Å². The molecule has 1 aliphatic heterocycles. The molecule has 0 spiro atoms. The van der Waals surface area contributed by atoms with Gasteiger partial charge < -0.3 is 15.2 Å². The van der Waals surface area contributed by atoms with Crippen molar-refractivity contribution in [3.63, 3.8) is 0 Å². The van der Waals surface area contributed by atoms with Crippen molar-refractivity contribution < 1.29 is 9.84 Å². The van der Waals surface area contributed by atoms with Crippen molar-refractivity contribution in [3.05, 3.63) is 27.7 Å². The standard InChI is InChI=1S/C15H22BrNO2/c1-10(2)14(3-5-18)17-9-12-8-13(16)7-11-4-6-19-15(11)12/h7-8,10,14,17-18H,3-6,9H2,1-2H3. The summed E-state index contributed by atoms with van der Waals surface area (Å²) < 4.78 is 6.84. The average Bonchev–Trinajstić information content (AvgIpc) is 2.81. The predicted molar refractivity (Wildman–Crippen MR) is 80.5 cm³/mol. The van der Waals surface area contributed by atoms with E-state index in [-0.39, 0.29) is 6.61 Å². The van der Waals surface area contributed by atoms with Crippen LogP contribution in [0.3, 0.4) is 0 Å². The number of nitrogens with one attached hydrogen (secondary N) is 1. The molecule has 0 bridgehead atoms. The zero-order valence-electron chi connectivity index (χ0n) is 11.6. The summed E-state index contributed by atoms with van der Waals surface area (Å²) in [6, 6.07) is 4.59. The zero-order valence-corrected chi connectivity index (χ0v) is 13.2. The van der Waals surface area contributed by atoms with Gasteiger partial charge in [-0.3, -0.25) is 0 Å². The fraction of sp³-hybridized carbons (Fsp3) is 0.600. The van der Waals surface area contributed by atoms with Gasteiger partial charge in [0.05, 0.1) is 6.61 Å². The molecule has 1 heterocycles. The molecule has 0 amide bonds. The fourth-order valence-electron chi connectivity index (χ4n) is 2.53. The number of hydrogen-bond acceptors (Lipinski definition) is 3. The van der Waals surface area contributed by atoms with E-state index in [9.17, 15) is 0 Å². The molecule has 19 heavy (non-hydrogen) atoms. The first-order valence-electron chi connectivity index (χ1n) is 6.90. The molecule has 1 aliphatic rings. The molecule has 0 fully saturated rings. The van der Waals surface area contributed by atoms with E-state index >= 15 is 0 Å². The number of aliphatic hydroxyl groups is 1. The quantitative estimate of drug-likeness (QED) is 0.844. The molecule has 0 aliphatic carbocycles. The molecule has 106 valence electrons. The normalized spacial score (nSPS) is 15.4. The molecule has 3 nitrogen and oxygen atoms in total. The maximum absolute atomic E-state index is 9.11. The lowest BCUT2D eigenvalue weighted by Gasteiger charge is -2.22. The SMILES string of the molecule is CC(C)C(CCO)NCc1cc(Br)cc2c1OCC2. The summed E-state index contributed by atoms with van der Waals surface area (Å²) in [7, 11) is 0. The Labute approximate surface area is 123 Å². The van der Waals surface area contributed by atoms with Gasteiger partial charge in [-0.1, -0.05) is 29.8 Å². The molecule has 0 saturated carbocycles. The lowest BCUT2D eigenvalue weighted by atomic mass is 10.0. The number of fused-ring (bicyclic) bond motifs is 1. The molecular weight excluding hydrogens is 306 g/mol. The Balaban J connectivity index is 2.07. The lowest BCUT2D eigenvalue weighted by Crippen LogP contribution is -2.34. The number of benzene rings is 1. The molecular formula is C15H22BrNO2. The molecule has 2 rings (SSSR count). The number of ether oxygens (including phenoxy) is 1. The van der Waals surface area contributed by atoms with Crippen LogP contribution in [0, 0.1) is 5.92 Å². The first kappa shape index (κ1) is 14.8. The highest BCUT2D eigenvalue weighted by molar-refractivity contribution is 9.10. The van der Waals surface area contributed by atoms with Crippen LogP contribution >= 0.6 is 15.9 Å². The molecule has 0 saturated heterocycles. The van der Waals surface area contributed by atoms with Crippen molar-refractivity contribution >= 4 is 15.9 Å². The van der Waals surface area contributed by atoms with Crippen molar-refractivity contribution in [2.45, 2.75) is 39.3 Å². The highest BCUT2D eigenvalue weighted by atomic mass is 79.9. The van der Waals surface area contributed by atoms with E-state index in [4.69, 9.17) is 9.84 Å². The van der Waals surface area contributed by atoms with Crippen LogP contribution in [0.25, 0.3) is 0 Å². The van der Waals surface area contributed by atoms with E-state index in [1.807, 2.05) is 0 Å².